The third-order valence-electron chi connectivity index (χ3n) is 4.61. The molecule has 0 aliphatic carbocycles. The second-order valence-corrected chi connectivity index (χ2v) is 6.82. The van der Waals surface area contributed by atoms with Crippen LogP contribution in [0.15, 0.2) is 60.8 Å². The number of aryl methyl sites for hydroxylation is 1. The number of hydrogen-bond acceptors (Lipinski definition) is 4. The normalized spacial score (nSPS) is 10.8. The zero-order valence-corrected chi connectivity index (χ0v) is 15.9. The molecule has 0 bridgehead atoms. The molecule has 0 aliphatic heterocycles. The van der Waals surface area contributed by atoms with E-state index in [1.165, 1.54) is 16.7 Å². The van der Waals surface area contributed by atoms with Crippen molar-refractivity contribution in [2.75, 3.05) is 10.2 Å². The number of hydrogen-bond donors (Lipinski definition) is 1. The van der Waals surface area contributed by atoms with E-state index in [9.17, 15) is 0 Å². The lowest BCUT2D eigenvalue weighted by Crippen LogP contribution is -2.31. The van der Waals surface area contributed by atoms with Crippen LogP contribution in [0.4, 0.5) is 17.5 Å². The Labute approximate surface area is 155 Å². The highest BCUT2D eigenvalue weighted by atomic mass is 15.2. The van der Waals surface area contributed by atoms with E-state index >= 15 is 0 Å². The summed E-state index contributed by atoms with van der Waals surface area (Å²) in [7, 11) is 0. The zero-order valence-electron chi connectivity index (χ0n) is 15.9. The number of nitrogens with one attached hydrogen (secondary N) is 1. The van der Waals surface area contributed by atoms with Crippen LogP contribution in [0.2, 0.25) is 0 Å². The van der Waals surface area contributed by atoms with Gasteiger partial charge in [0.2, 0.25) is 5.95 Å². The third kappa shape index (κ3) is 4.20. The minimum Gasteiger partial charge on any atom is -0.350 e. The summed E-state index contributed by atoms with van der Waals surface area (Å²) < 4.78 is 0. The van der Waals surface area contributed by atoms with E-state index < -0.39 is 0 Å². The van der Waals surface area contributed by atoms with E-state index in [1.54, 1.807) is 0 Å². The van der Waals surface area contributed by atoms with Gasteiger partial charge in [0.25, 0.3) is 0 Å². The summed E-state index contributed by atoms with van der Waals surface area (Å²) in [5, 5.41) is 3.36. The van der Waals surface area contributed by atoms with Crippen LogP contribution >= 0.6 is 0 Å². The van der Waals surface area contributed by atoms with Crippen molar-refractivity contribution in [3.8, 4) is 0 Å². The lowest BCUT2D eigenvalue weighted by Gasteiger charge is -2.28. The minimum absolute atomic E-state index is 0.332. The molecule has 1 N–H and O–H groups in total. The molecular weight excluding hydrogens is 320 g/mol. The fourth-order valence-corrected chi connectivity index (χ4v) is 2.88. The van der Waals surface area contributed by atoms with Gasteiger partial charge in [-0.25, -0.2) is 4.98 Å². The fraction of sp³-hybridized carbons (Fsp3) is 0.273. The van der Waals surface area contributed by atoms with E-state index in [1.807, 2.05) is 24.4 Å². The Morgan fingerprint density at radius 1 is 0.962 bits per heavy atom. The molecule has 0 saturated heterocycles. The molecule has 134 valence electrons. The first-order valence-corrected chi connectivity index (χ1v) is 9.01. The van der Waals surface area contributed by atoms with Gasteiger partial charge in [-0.2, -0.15) is 4.98 Å². The van der Waals surface area contributed by atoms with Gasteiger partial charge in [0.15, 0.2) is 0 Å². The fourth-order valence-electron chi connectivity index (χ4n) is 2.88. The molecule has 4 nitrogen and oxygen atoms in total. The van der Waals surface area contributed by atoms with Gasteiger partial charge in [-0.3, -0.25) is 0 Å². The Hall–Kier alpha value is -2.88. The monoisotopic (exact) mass is 346 g/mol. The minimum atomic E-state index is 0.332. The third-order valence-corrected chi connectivity index (χ3v) is 4.61. The number of anilines is 3. The Bertz CT molecular complexity index is 859. The standard InChI is InChI=1S/C22H26N4/c1-16(2)26(15-19-10-6-5-7-11-19)21-13-14-23-22(25-21)24-20-12-8-9-17(3)18(20)4/h5-14,16H,15H2,1-4H3,(H,23,24,25). The summed E-state index contributed by atoms with van der Waals surface area (Å²) in [5.74, 6) is 1.54. The number of aromatic nitrogens is 2. The van der Waals surface area contributed by atoms with Gasteiger partial charge >= 0.3 is 0 Å². The highest BCUT2D eigenvalue weighted by molar-refractivity contribution is 5.61. The predicted molar refractivity (Wildman–Crippen MR) is 109 cm³/mol. The van der Waals surface area contributed by atoms with Crippen LogP contribution < -0.4 is 10.2 Å². The smallest absolute Gasteiger partial charge is 0.229 e. The molecule has 3 aromatic rings. The van der Waals surface area contributed by atoms with Crippen LogP contribution in [0.3, 0.4) is 0 Å². The van der Waals surface area contributed by atoms with Gasteiger partial charge in [-0.05, 0) is 56.5 Å². The zero-order chi connectivity index (χ0) is 18.5. The lowest BCUT2D eigenvalue weighted by atomic mass is 10.1. The summed E-state index contributed by atoms with van der Waals surface area (Å²) >= 11 is 0. The topological polar surface area (TPSA) is 41.1 Å². The summed E-state index contributed by atoms with van der Waals surface area (Å²) in [6.07, 6.45) is 1.82. The van der Waals surface area contributed by atoms with Crippen LogP contribution in [0.1, 0.15) is 30.5 Å². The first-order chi connectivity index (χ1) is 12.5. The van der Waals surface area contributed by atoms with Gasteiger partial charge in [-0.1, -0.05) is 42.5 Å². The molecule has 3 rings (SSSR count). The van der Waals surface area contributed by atoms with Gasteiger partial charge in [0, 0.05) is 24.5 Å². The van der Waals surface area contributed by atoms with Crippen molar-refractivity contribution in [1.82, 2.24) is 9.97 Å². The molecule has 0 spiro atoms. The Morgan fingerprint density at radius 2 is 1.73 bits per heavy atom. The van der Waals surface area contributed by atoms with Crippen LogP contribution in [-0.4, -0.2) is 16.0 Å². The molecule has 0 amide bonds. The average Bonchev–Trinajstić information content (AvgIpc) is 2.64. The maximum Gasteiger partial charge on any atom is 0.229 e. The molecule has 0 unspecified atom stereocenters. The van der Waals surface area contributed by atoms with Crippen LogP contribution in [-0.2, 0) is 6.54 Å². The molecule has 0 saturated carbocycles. The van der Waals surface area contributed by atoms with Crippen LogP contribution in [0.25, 0.3) is 0 Å². The van der Waals surface area contributed by atoms with Crippen LogP contribution in [0, 0.1) is 13.8 Å². The Kier molecular flexibility index (Phi) is 5.52. The van der Waals surface area contributed by atoms with Gasteiger partial charge in [-0.15, -0.1) is 0 Å². The SMILES string of the molecule is Cc1cccc(Nc2nccc(N(Cc3ccccc3)C(C)C)n2)c1C. The van der Waals surface area contributed by atoms with Gasteiger partial charge in [0.05, 0.1) is 0 Å². The predicted octanol–water partition coefficient (Wildman–Crippen LogP) is 5.25. The molecule has 4 heteroatoms. The molecule has 1 heterocycles. The summed E-state index contributed by atoms with van der Waals surface area (Å²) in [4.78, 5) is 11.4. The Morgan fingerprint density at radius 3 is 2.46 bits per heavy atom. The molecular formula is C22H26N4. The molecule has 2 aromatic carbocycles. The lowest BCUT2D eigenvalue weighted by molar-refractivity contribution is 0.672. The van der Waals surface area contributed by atoms with E-state index in [-0.39, 0.29) is 0 Å². The van der Waals surface area contributed by atoms with Crippen molar-refractivity contribution in [3.05, 3.63) is 77.5 Å². The molecule has 1 aromatic heterocycles. The summed E-state index contributed by atoms with van der Waals surface area (Å²) in [6.45, 7) is 9.40. The number of benzene rings is 2. The molecule has 0 radical (unpaired) electrons. The van der Waals surface area contributed by atoms with E-state index in [0.29, 0.717) is 12.0 Å². The van der Waals surface area contributed by atoms with E-state index in [2.05, 4.69) is 79.3 Å². The maximum absolute atomic E-state index is 4.76. The molecule has 26 heavy (non-hydrogen) atoms. The number of rotatable bonds is 6. The van der Waals surface area contributed by atoms with Gasteiger partial charge < -0.3 is 10.2 Å². The van der Waals surface area contributed by atoms with Crippen molar-refractivity contribution in [2.45, 2.75) is 40.3 Å². The summed E-state index contributed by atoms with van der Waals surface area (Å²) in [6, 6.07) is 19.0. The molecule has 0 fully saturated rings. The van der Waals surface area contributed by atoms with E-state index in [4.69, 9.17) is 4.98 Å². The second-order valence-electron chi connectivity index (χ2n) is 6.82. The highest BCUT2D eigenvalue weighted by Gasteiger charge is 2.14. The Balaban J connectivity index is 1.85. The first-order valence-electron chi connectivity index (χ1n) is 9.01. The quantitative estimate of drug-likeness (QED) is 0.661. The maximum atomic E-state index is 4.76. The van der Waals surface area contributed by atoms with Crippen molar-refractivity contribution in [3.63, 3.8) is 0 Å². The van der Waals surface area contributed by atoms with Crippen LogP contribution in [0.5, 0.6) is 0 Å². The first kappa shape index (κ1) is 17.9. The van der Waals surface area contributed by atoms with Crippen molar-refractivity contribution in [1.29, 1.82) is 0 Å². The highest BCUT2D eigenvalue weighted by Crippen LogP contribution is 2.23. The molecule has 0 aliphatic rings. The average molecular weight is 346 g/mol. The number of nitrogens with zero attached hydrogens (tertiary/aromatic N) is 3. The second kappa shape index (κ2) is 8.00. The summed E-state index contributed by atoms with van der Waals surface area (Å²) in [5.41, 5.74) is 4.77. The van der Waals surface area contributed by atoms with E-state index in [0.717, 1.165) is 18.1 Å². The van der Waals surface area contributed by atoms with Crippen molar-refractivity contribution in [2.24, 2.45) is 0 Å². The van der Waals surface area contributed by atoms with Gasteiger partial charge in [0.1, 0.15) is 5.82 Å². The van der Waals surface area contributed by atoms with Crippen molar-refractivity contribution >= 4 is 17.5 Å². The van der Waals surface area contributed by atoms with Crippen molar-refractivity contribution < 1.29 is 0 Å². The largest absolute Gasteiger partial charge is 0.350 e. The molecule has 0 atom stereocenters.